The van der Waals surface area contributed by atoms with Crippen molar-refractivity contribution >= 4 is 0 Å². The summed E-state index contributed by atoms with van der Waals surface area (Å²) in [6, 6.07) is 10.2. The second kappa shape index (κ2) is 8.52. The molecular formula is C25H20F6O. The van der Waals surface area contributed by atoms with Crippen molar-refractivity contribution < 1.29 is 31.1 Å². The number of alkyl halides is 3. The van der Waals surface area contributed by atoms with E-state index < -0.39 is 29.6 Å². The Kier molecular flexibility index (Phi) is 5.93. The summed E-state index contributed by atoms with van der Waals surface area (Å²) in [5.74, 6) is -5.40. The lowest BCUT2D eigenvalue weighted by molar-refractivity contribution is -0.276. The fourth-order valence-electron chi connectivity index (χ4n) is 4.16. The summed E-state index contributed by atoms with van der Waals surface area (Å²) < 4.78 is 83.7. The quantitative estimate of drug-likeness (QED) is 0.214. The Morgan fingerprint density at radius 3 is 2.12 bits per heavy atom. The smallest absolute Gasteiger partial charge is 0.399 e. The Morgan fingerprint density at radius 2 is 1.47 bits per heavy atom. The van der Waals surface area contributed by atoms with Gasteiger partial charge < -0.3 is 4.74 Å². The van der Waals surface area contributed by atoms with E-state index in [1.165, 1.54) is 17.7 Å². The van der Waals surface area contributed by atoms with Gasteiger partial charge in [-0.25, -0.2) is 13.2 Å². The summed E-state index contributed by atoms with van der Waals surface area (Å²) in [5, 5.41) is 0. The average molecular weight is 450 g/mol. The van der Waals surface area contributed by atoms with E-state index in [0.717, 1.165) is 42.4 Å². The van der Waals surface area contributed by atoms with Gasteiger partial charge in [0.15, 0.2) is 11.6 Å². The van der Waals surface area contributed by atoms with Crippen LogP contribution in [0.1, 0.15) is 42.9 Å². The number of ether oxygens (including phenoxy) is 1. The summed E-state index contributed by atoms with van der Waals surface area (Å²) in [7, 11) is 0. The van der Waals surface area contributed by atoms with Gasteiger partial charge >= 0.3 is 6.36 Å². The molecule has 0 atom stereocenters. The predicted molar refractivity (Wildman–Crippen MR) is 110 cm³/mol. The molecule has 168 valence electrons. The van der Waals surface area contributed by atoms with Crippen LogP contribution in [0.15, 0.2) is 42.5 Å². The van der Waals surface area contributed by atoms with Crippen LogP contribution in [-0.2, 0) is 12.8 Å². The van der Waals surface area contributed by atoms with E-state index in [4.69, 9.17) is 0 Å². The van der Waals surface area contributed by atoms with Crippen molar-refractivity contribution in [2.75, 3.05) is 0 Å². The van der Waals surface area contributed by atoms with Crippen LogP contribution in [0.5, 0.6) is 5.75 Å². The lowest BCUT2D eigenvalue weighted by Gasteiger charge is -2.13. The van der Waals surface area contributed by atoms with Gasteiger partial charge in [0, 0.05) is 5.56 Å². The van der Waals surface area contributed by atoms with Crippen LogP contribution in [0.3, 0.4) is 0 Å². The molecule has 3 aromatic rings. The van der Waals surface area contributed by atoms with E-state index in [0.29, 0.717) is 24.1 Å². The van der Waals surface area contributed by atoms with Crippen LogP contribution < -0.4 is 4.74 Å². The molecule has 0 unspecified atom stereocenters. The maximum absolute atomic E-state index is 14.9. The topological polar surface area (TPSA) is 9.23 Å². The van der Waals surface area contributed by atoms with Crippen molar-refractivity contribution in [3.63, 3.8) is 0 Å². The van der Waals surface area contributed by atoms with E-state index in [9.17, 15) is 26.3 Å². The van der Waals surface area contributed by atoms with Crippen LogP contribution in [-0.4, -0.2) is 6.36 Å². The molecule has 0 saturated carbocycles. The zero-order chi connectivity index (χ0) is 23.0. The van der Waals surface area contributed by atoms with Gasteiger partial charge in [0.25, 0.3) is 0 Å². The minimum atomic E-state index is -5.25. The molecule has 1 aliphatic rings. The molecule has 0 spiro atoms. The lowest BCUT2D eigenvalue weighted by atomic mass is 9.97. The highest BCUT2D eigenvalue weighted by Gasteiger charge is 2.34. The Morgan fingerprint density at radius 1 is 0.781 bits per heavy atom. The van der Waals surface area contributed by atoms with E-state index in [-0.39, 0.29) is 11.1 Å². The van der Waals surface area contributed by atoms with E-state index in [1.54, 1.807) is 0 Å². The number of hydrogen-bond acceptors (Lipinski definition) is 1. The zero-order valence-corrected chi connectivity index (χ0v) is 17.3. The van der Waals surface area contributed by atoms with Crippen molar-refractivity contribution in [3.05, 3.63) is 76.6 Å². The molecule has 0 amide bonds. The molecular weight excluding hydrogens is 430 g/mol. The number of hydrogen-bond donors (Lipinski definition) is 0. The number of halogens is 6. The number of unbranched alkanes of at least 4 members (excludes halogenated alkanes) is 2. The maximum atomic E-state index is 14.9. The van der Waals surface area contributed by atoms with Crippen molar-refractivity contribution in [2.24, 2.45) is 0 Å². The number of fused-ring (bicyclic) bond motifs is 3. The van der Waals surface area contributed by atoms with Crippen LogP contribution >= 0.6 is 0 Å². The summed E-state index contributed by atoms with van der Waals surface area (Å²) >= 11 is 0. The van der Waals surface area contributed by atoms with Crippen LogP contribution in [0.25, 0.3) is 22.3 Å². The summed E-state index contributed by atoms with van der Waals surface area (Å²) in [4.78, 5) is 0. The molecule has 0 N–H and O–H groups in total. The fourth-order valence-corrected chi connectivity index (χ4v) is 4.16. The molecule has 4 rings (SSSR count). The first-order chi connectivity index (χ1) is 15.2. The SMILES string of the molecule is CCCCCc1ccc2c(c1)Cc1cc(-c3cc(F)c(OC(F)(F)F)c(F)c3)c(F)cc1-2. The number of benzene rings is 3. The van der Waals surface area contributed by atoms with Gasteiger partial charge in [-0.15, -0.1) is 13.2 Å². The second-order valence-electron chi connectivity index (χ2n) is 7.93. The molecule has 0 aliphatic heterocycles. The largest absolute Gasteiger partial charge is 0.573 e. The van der Waals surface area contributed by atoms with E-state index in [2.05, 4.69) is 17.7 Å². The van der Waals surface area contributed by atoms with Gasteiger partial charge in [0.2, 0.25) is 5.75 Å². The third-order valence-corrected chi connectivity index (χ3v) is 5.63. The Labute approximate surface area is 181 Å². The Hall–Kier alpha value is -2.96. The minimum Gasteiger partial charge on any atom is -0.399 e. The second-order valence-corrected chi connectivity index (χ2v) is 7.93. The highest BCUT2D eigenvalue weighted by Crippen LogP contribution is 2.41. The first-order valence-electron chi connectivity index (χ1n) is 10.4. The van der Waals surface area contributed by atoms with Crippen molar-refractivity contribution in [1.82, 2.24) is 0 Å². The van der Waals surface area contributed by atoms with Crippen LogP contribution in [0.4, 0.5) is 26.3 Å². The van der Waals surface area contributed by atoms with E-state index in [1.807, 2.05) is 12.1 Å². The van der Waals surface area contributed by atoms with Gasteiger partial charge in [-0.1, -0.05) is 38.0 Å². The number of rotatable bonds is 6. The molecule has 7 heteroatoms. The van der Waals surface area contributed by atoms with Gasteiger partial charge in [-0.05, 0) is 76.9 Å². The molecule has 0 radical (unpaired) electrons. The molecule has 32 heavy (non-hydrogen) atoms. The fraction of sp³-hybridized carbons (Fsp3) is 0.280. The Balaban J connectivity index is 1.66. The molecule has 3 aromatic carbocycles. The first-order valence-corrected chi connectivity index (χ1v) is 10.4. The summed E-state index contributed by atoms with van der Waals surface area (Å²) in [5.41, 5.74) is 4.38. The summed E-state index contributed by atoms with van der Waals surface area (Å²) in [6.07, 6.45) is -0.383. The Bertz CT molecular complexity index is 1140. The first kappa shape index (κ1) is 22.2. The van der Waals surface area contributed by atoms with Crippen LogP contribution in [0, 0.1) is 17.5 Å². The highest BCUT2D eigenvalue weighted by atomic mass is 19.4. The van der Waals surface area contributed by atoms with Crippen molar-refractivity contribution in [3.8, 4) is 28.0 Å². The highest BCUT2D eigenvalue weighted by molar-refractivity contribution is 5.81. The molecule has 0 aromatic heterocycles. The average Bonchev–Trinajstić information content (AvgIpc) is 3.06. The standard InChI is InChI=1S/C25H20F6O/c1-2-3-4-5-14-6-7-18-15(8-14)9-16-10-20(21(26)13-19(16)18)17-11-22(27)24(23(28)12-17)32-25(29,30)31/h6-8,10-13H,2-5,9H2,1H3. The third-order valence-electron chi connectivity index (χ3n) is 5.63. The van der Waals surface area contributed by atoms with Gasteiger partial charge in [-0.2, -0.15) is 0 Å². The molecule has 1 nitrogen and oxygen atoms in total. The van der Waals surface area contributed by atoms with Gasteiger partial charge in [0.1, 0.15) is 5.82 Å². The normalized spacial score (nSPS) is 12.6. The molecule has 0 heterocycles. The lowest BCUT2D eigenvalue weighted by Crippen LogP contribution is -2.19. The van der Waals surface area contributed by atoms with Gasteiger partial charge in [0.05, 0.1) is 0 Å². The van der Waals surface area contributed by atoms with Crippen LogP contribution in [0.2, 0.25) is 0 Å². The molecule has 0 bridgehead atoms. The van der Waals surface area contributed by atoms with Crippen molar-refractivity contribution in [2.45, 2.75) is 45.4 Å². The third kappa shape index (κ3) is 4.47. The predicted octanol–water partition coefficient (Wildman–Crippen LogP) is 7.97. The van der Waals surface area contributed by atoms with E-state index >= 15 is 0 Å². The molecule has 0 fully saturated rings. The summed E-state index contributed by atoms with van der Waals surface area (Å²) in [6.45, 7) is 2.14. The molecule has 1 aliphatic carbocycles. The zero-order valence-electron chi connectivity index (χ0n) is 17.3. The maximum Gasteiger partial charge on any atom is 0.573 e. The molecule has 0 saturated heterocycles. The number of aryl methyl sites for hydroxylation is 1. The minimum absolute atomic E-state index is 0.0870. The van der Waals surface area contributed by atoms with Gasteiger partial charge in [-0.3, -0.25) is 0 Å². The van der Waals surface area contributed by atoms with Crippen molar-refractivity contribution in [1.29, 1.82) is 0 Å². The monoisotopic (exact) mass is 450 g/mol.